The minimum Gasteiger partial charge on any atom is -0.496 e. The second kappa shape index (κ2) is 10.4. The van der Waals surface area contributed by atoms with Gasteiger partial charge in [-0.2, -0.15) is 0 Å². The molecule has 37 heavy (non-hydrogen) atoms. The van der Waals surface area contributed by atoms with Gasteiger partial charge in [0.2, 0.25) is 5.91 Å². The van der Waals surface area contributed by atoms with E-state index in [1.807, 2.05) is 37.4 Å². The van der Waals surface area contributed by atoms with Gasteiger partial charge in [0.25, 0.3) is 0 Å². The molecular formula is C27H30N8O2. The van der Waals surface area contributed by atoms with E-state index in [-0.39, 0.29) is 11.9 Å². The molecule has 10 nitrogen and oxygen atoms in total. The minimum atomic E-state index is -0.283. The van der Waals surface area contributed by atoms with Crippen molar-refractivity contribution in [3.63, 3.8) is 0 Å². The zero-order valence-corrected chi connectivity index (χ0v) is 21.0. The molecule has 1 saturated heterocycles. The van der Waals surface area contributed by atoms with Crippen LogP contribution in [0, 0.1) is 6.92 Å². The summed E-state index contributed by atoms with van der Waals surface area (Å²) < 4.78 is 7.99. The molecule has 0 spiro atoms. The first-order chi connectivity index (χ1) is 18.0. The van der Waals surface area contributed by atoms with Crippen LogP contribution in [0.4, 0.5) is 11.5 Å². The Bertz CT molecular complexity index is 1460. The van der Waals surface area contributed by atoms with Crippen LogP contribution < -0.4 is 15.8 Å². The maximum absolute atomic E-state index is 11.8. The molecule has 4 heterocycles. The van der Waals surface area contributed by atoms with E-state index in [1.54, 1.807) is 13.2 Å². The van der Waals surface area contributed by atoms with Crippen molar-refractivity contribution in [3.8, 4) is 17.0 Å². The summed E-state index contributed by atoms with van der Waals surface area (Å²) in [5.41, 5.74) is 11.4. The quantitative estimate of drug-likeness (QED) is 0.369. The van der Waals surface area contributed by atoms with Crippen LogP contribution in [0.5, 0.6) is 5.75 Å². The molecule has 0 aliphatic carbocycles. The molecule has 0 saturated carbocycles. The Morgan fingerprint density at radius 2 is 2.03 bits per heavy atom. The lowest BCUT2D eigenvalue weighted by Crippen LogP contribution is -2.35. The van der Waals surface area contributed by atoms with Crippen molar-refractivity contribution >= 4 is 28.4 Å². The van der Waals surface area contributed by atoms with Gasteiger partial charge < -0.3 is 20.4 Å². The van der Waals surface area contributed by atoms with Gasteiger partial charge in [0.1, 0.15) is 23.4 Å². The van der Waals surface area contributed by atoms with Gasteiger partial charge >= 0.3 is 0 Å². The first-order valence-electron chi connectivity index (χ1n) is 12.2. The summed E-state index contributed by atoms with van der Waals surface area (Å²) >= 11 is 0. The number of piperidine rings is 1. The van der Waals surface area contributed by atoms with Gasteiger partial charge in [0.15, 0.2) is 5.82 Å². The van der Waals surface area contributed by atoms with E-state index in [0.717, 1.165) is 66.3 Å². The number of anilines is 2. The van der Waals surface area contributed by atoms with Gasteiger partial charge in [-0.05, 0) is 50.1 Å². The number of methoxy groups -OCH3 is 1. The molecule has 3 aromatic heterocycles. The van der Waals surface area contributed by atoms with Gasteiger partial charge in [0.05, 0.1) is 24.9 Å². The van der Waals surface area contributed by atoms with Gasteiger partial charge in [-0.3, -0.25) is 9.69 Å². The van der Waals surface area contributed by atoms with Crippen LogP contribution in [-0.4, -0.2) is 55.5 Å². The summed E-state index contributed by atoms with van der Waals surface area (Å²) in [7, 11) is 1.62. The van der Waals surface area contributed by atoms with Gasteiger partial charge in [-0.25, -0.2) is 19.9 Å². The fourth-order valence-electron chi connectivity index (χ4n) is 4.95. The van der Waals surface area contributed by atoms with Crippen LogP contribution >= 0.6 is 0 Å². The highest BCUT2D eigenvalue weighted by Gasteiger charge is 2.27. The van der Waals surface area contributed by atoms with Gasteiger partial charge in [-0.1, -0.05) is 6.58 Å². The number of hydrogen-bond acceptors (Lipinski definition) is 8. The molecule has 5 rings (SSSR count). The third-order valence-electron chi connectivity index (χ3n) is 6.72. The van der Waals surface area contributed by atoms with Gasteiger partial charge in [-0.15, -0.1) is 0 Å². The normalized spacial score (nSPS) is 14.5. The van der Waals surface area contributed by atoms with Crippen molar-refractivity contribution in [1.29, 1.82) is 0 Å². The summed E-state index contributed by atoms with van der Waals surface area (Å²) in [6, 6.07) is 9.73. The number of hydrogen-bond donors (Lipinski definition) is 2. The maximum Gasteiger partial charge on any atom is 0.247 e. The lowest BCUT2D eigenvalue weighted by atomic mass is 10.0. The van der Waals surface area contributed by atoms with Crippen LogP contribution in [0.2, 0.25) is 0 Å². The highest BCUT2D eigenvalue weighted by atomic mass is 16.5. The van der Waals surface area contributed by atoms with Crippen LogP contribution in [-0.2, 0) is 11.3 Å². The Kier molecular flexibility index (Phi) is 6.82. The summed E-state index contributed by atoms with van der Waals surface area (Å²) in [6.07, 6.45) is 6.38. The molecule has 1 aliphatic heterocycles. The number of benzene rings is 1. The van der Waals surface area contributed by atoms with Crippen LogP contribution in [0.25, 0.3) is 22.3 Å². The number of aryl methyl sites for hydroxylation is 1. The van der Waals surface area contributed by atoms with Crippen molar-refractivity contribution in [2.45, 2.75) is 32.4 Å². The summed E-state index contributed by atoms with van der Waals surface area (Å²) in [5.74, 6) is 1.64. The van der Waals surface area contributed by atoms with E-state index in [4.69, 9.17) is 10.5 Å². The number of fused-ring (bicyclic) bond motifs is 1. The molecule has 0 atom stereocenters. The SMILES string of the molecule is C=CC(=O)Nc1ccc(-c2cc3ncnc(N)c3n2C2CCN(Cc3nccc(C)n3)CC2)c(OC)c1. The number of amides is 1. The lowest BCUT2D eigenvalue weighted by Gasteiger charge is -2.33. The highest BCUT2D eigenvalue weighted by molar-refractivity contribution is 5.99. The molecule has 1 amide bonds. The third kappa shape index (κ3) is 5.01. The number of likely N-dealkylation sites (tertiary alicyclic amines) is 1. The molecule has 190 valence electrons. The predicted octanol–water partition coefficient (Wildman–Crippen LogP) is 3.75. The molecule has 3 N–H and O–H groups in total. The number of carbonyl (C=O) groups is 1. The first-order valence-corrected chi connectivity index (χ1v) is 12.2. The molecule has 1 fully saturated rings. The summed E-state index contributed by atoms with van der Waals surface area (Å²) in [4.78, 5) is 31.9. The highest BCUT2D eigenvalue weighted by Crippen LogP contribution is 2.40. The number of carbonyl (C=O) groups excluding carboxylic acids is 1. The van der Waals surface area contributed by atoms with E-state index >= 15 is 0 Å². The molecule has 1 aromatic carbocycles. The Labute approximate surface area is 215 Å². The minimum absolute atomic E-state index is 0.195. The van der Waals surface area contributed by atoms with Gasteiger partial charge in [0, 0.05) is 48.3 Å². The number of nitrogens with one attached hydrogen (secondary N) is 1. The first kappa shape index (κ1) is 24.4. The molecule has 0 unspecified atom stereocenters. The standard InChI is InChI=1S/C27H30N8O2/c1-4-25(36)33-18-5-6-20(23(13-18)37-3)22-14-21-26(27(28)31-16-30-21)35(22)19-8-11-34(12-9-19)15-24-29-10-7-17(2)32-24/h4-7,10,13-14,16,19H,1,8-9,11-12,15H2,2-3H3,(H,33,36)(H2,28,30,31). The van der Waals surface area contributed by atoms with E-state index in [0.29, 0.717) is 17.3 Å². The van der Waals surface area contributed by atoms with E-state index in [2.05, 4.69) is 41.3 Å². The molecule has 10 heteroatoms. The zero-order chi connectivity index (χ0) is 25.9. The van der Waals surface area contributed by atoms with Crippen molar-refractivity contribution in [2.75, 3.05) is 31.2 Å². The fourth-order valence-corrected chi connectivity index (χ4v) is 4.95. The topological polar surface area (TPSA) is 124 Å². The number of aromatic nitrogens is 5. The second-order valence-electron chi connectivity index (χ2n) is 9.12. The molecule has 4 aromatic rings. The molecule has 0 radical (unpaired) electrons. The largest absolute Gasteiger partial charge is 0.496 e. The lowest BCUT2D eigenvalue weighted by molar-refractivity contribution is -0.111. The Morgan fingerprint density at radius 3 is 2.76 bits per heavy atom. The molecule has 1 aliphatic rings. The van der Waals surface area contributed by atoms with Crippen molar-refractivity contribution in [3.05, 3.63) is 67.0 Å². The maximum atomic E-state index is 11.8. The number of nitrogen functional groups attached to an aromatic ring is 1. The van der Waals surface area contributed by atoms with Crippen LogP contribution in [0.1, 0.15) is 30.4 Å². The average Bonchev–Trinajstić information content (AvgIpc) is 3.29. The number of nitrogens with two attached hydrogens (primary N) is 1. The second-order valence-corrected chi connectivity index (χ2v) is 9.12. The zero-order valence-electron chi connectivity index (χ0n) is 21.0. The van der Waals surface area contributed by atoms with E-state index in [1.165, 1.54) is 12.4 Å². The Hall–Kier alpha value is -4.31. The summed E-state index contributed by atoms with van der Waals surface area (Å²) in [5, 5.41) is 2.79. The summed E-state index contributed by atoms with van der Waals surface area (Å²) in [6.45, 7) is 8.02. The average molecular weight is 499 g/mol. The molecular weight excluding hydrogens is 468 g/mol. The fraction of sp³-hybridized carbons (Fsp3) is 0.296. The molecule has 0 bridgehead atoms. The van der Waals surface area contributed by atoms with Crippen LogP contribution in [0.3, 0.4) is 0 Å². The van der Waals surface area contributed by atoms with Crippen molar-refractivity contribution in [1.82, 2.24) is 29.4 Å². The predicted molar refractivity (Wildman–Crippen MR) is 143 cm³/mol. The van der Waals surface area contributed by atoms with E-state index in [9.17, 15) is 4.79 Å². The van der Waals surface area contributed by atoms with Crippen molar-refractivity contribution in [2.24, 2.45) is 0 Å². The van der Waals surface area contributed by atoms with Crippen LogP contribution in [0.15, 0.2) is 55.5 Å². The Balaban J connectivity index is 1.48. The number of ether oxygens (including phenoxy) is 1. The third-order valence-corrected chi connectivity index (χ3v) is 6.72. The Morgan fingerprint density at radius 1 is 1.22 bits per heavy atom. The number of nitrogens with zero attached hydrogens (tertiary/aromatic N) is 6. The monoisotopic (exact) mass is 498 g/mol. The van der Waals surface area contributed by atoms with E-state index < -0.39 is 0 Å². The smallest absolute Gasteiger partial charge is 0.247 e. The van der Waals surface area contributed by atoms with Crippen molar-refractivity contribution < 1.29 is 9.53 Å². The number of rotatable bonds is 7.